The fourth-order valence-electron chi connectivity index (χ4n) is 1.97. The lowest BCUT2D eigenvalue weighted by atomic mass is 10.1. The molecule has 1 unspecified atom stereocenters. The normalized spacial score (nSPS) is 22.1. The quantitative estimate of drug-likeness (QED) is 0.712. The molecule has 0 aliphatic carbocycles. The fraction of sp³-hybridized carbons (Fsp3) is 0.833. The minimum Gasteiger partial charge on any atom is -0.394 e. The molecule has 1 aliphatic heterocycles. The molecule has 1 saturated heterocycles. The second-order valence-corrected chi connectivity index (χ2v) is 5.19. The van der Waals surface area contributed by atoms with E-state index in [2.05, 4.69) is 19.2 Å². The number of hydrogen-bond acceptors (Lipinski definition) is 3. The Kier molecular flexibility index (Phi) is 4.93. The Morgan fingerprint density at radius 1 is 1.53 bits per heavy atom. The van der Waals surface area contributed by atoms with E-state index in [-0.39, 0.29) is 36.8 Å². The molecule has 98 valence electrons. The summed E-state index contributed by atoms with van der Waals surface area (Å²) < 4.78 is 0. The number of hydrogen-bond donors (Lipinski definition) is 2. The topological polar surface area (TPSA) is 69.6 Å². The average Bonchev–Trinajstić information content (AvgIpc) is 2.59. The molecule has 2 atom stereocenters. The first kappa shape index (κ1) is 14.0. The molecule has 0 spiro atoms. The van der Waals surface area contributed by atoms with E-state index in [0.29, 0.717) is 19.0 Å². The number of aliphatic hydroxyl groups is 1. The molecule has 0 bridgehead atoms. The van der Waals surface area contributed by atoms with Gasteiger partial charge in [-0.1, -0.05) is 13.8 Å². The minimum absolute atomic E-state index is 0.0514. The summed E-state index contributed by atoms with van der Waals surface area (Å²) in [6, 6.07) is -0.253. The summed E-state index contributed by atoms with van der Waals surface area (Å²) in [5.74, 6) is 0.0639. The van der Waals surface area contributed by atoms with Gasteiger partial charge in [-0.2, -0.15) is 0 Å². The standard InChI is InChI=1S/C12H22N2O3/c1-8(2)5-14-6-10(4-11(14)16)12(17)13-9(3)7-15/h8-10,15H,4-7H2,1-3H3,(H,13,17)/t9-,10?/m1/s1. The van der Waals surface area contributed by atoms with Gasteiger partial charge in [0.05, 0.1) is 12.5 Å². The molecule has 0 saturated carbocycles. The molecule has 0 aromatic rings. The summed E-state index contributed by atoms with van der Waals surface area (Å²) in [6.07, 6.45) is 0.288. The van der Waals surface area contributed by atoms with Crippen LogP contribution in [0.3, 0.4) is 0 Å². The van der Waals surface area contributed by atoms with Crippen LogP contribution in [0.25, 0.3) is 0 Å². The van der Waals surface area contributed by atoms with Crippen molar-refractivity contribution in [2.45, 2.75) is 33.2 Å². The Balaban J connectivity index is 2.47. The molecule has 0 radical (unpaired) electrons. The van der Waals surface area contributed by atoms with E-state index < -0.39 is 0 Å². The van der Waals surface area contributed by atoms with Gasteiger partial charge < -0.3 is 15.3 Å². The maximum atomic E-state index is 11.8. The van der Waals surface area contributed by atoms with Crippen LogP contribution in [0, 0.1) is 11.8 Å². The lowest BCUT2D eigenvalue weighted by Crippen LogP contribution is -2.40. The Labute approximate surface area is 102 Å². The van der Waals surface area contributed by atoms with E-state index in [1.807, 2.05) is 0 Å². The van der Waals surface area contributed by atoms with E-state index in [0.717, 1.165) is 0 Å². The smallest absolute Gasteiger partial charge is 0.225 e. The van der Waals surface area contributed by atoms with E-state index in [1.165, 1.54) is 0 Å². The number of aliphatic hydroxyl groups excluding tert-OH is 1. The van der Waals surface area contributed by atoms with Gasteiger partial charge in [-0.25, -0.2) is 0 Å². The first-order valence-corrected chi connectivity index (χ1v) is 6.13. The number of carbonyl (C=O) groups excluding carboxylic acids is 2. The molecular formula is C12H22N2O3. The maximum absolute atomic E-state index is 11.8. The van der Waals surface area contributed by atoms with Gasteiger partial charge in [0.25, 0.3) is 0 Å². The van der Waals surface area contributed by atoms with Crippen molar-refractivity contribution in [3.63, 3.8) is 0 Å². The number of amides is 2. The molecule has 0 aromatic heterocycles. The zero-order chi connectivity index (χ0) is 13.0. The van der Waals surface area contributed by atoms with Crippen molar-refractivity contribution in [3.05, 3.63) is 0 Å². The van der Waals surface area contributed by atoms with Crippen molar-refractivity contribution in [1.82, 2.24) is 10.2 Å². The number of nitrogens with zero attached hydrogens (tertiary/aromatic N) is 1. The van der Waals surface area contributed by atoms with E-state index in [4.69, 9.17) is 5.11 Å². The van der Waals surface area contributed by atoms with E-state index >= 15 is 0 Å². The van der Waals surface area contributed by atoms with Crippen molar-refractivity contribution in [2.24, 2.45) is 11.8 Å². The van der Waals surface area contributed by atoms with Crippen molar-refractivity contribution in [1.29, 1.82) is 0 Å². The van der Waals surface area contributed by atoms with Crippen LogP contribution in [0.5, 0.6) is 0 Å². The largest absolute Gasteiger partial charge is 0.394 e. The first-order chi connectivity index (χ1) is 7.93. The fourth-order valence-corrected chi connectivity index (χ4v) is 1.97. The van der Waals surface area contributed by atoms with Gasteiger partial charge in [-0.3, -0.25) is 9.59 Å². The summed E-state index contributed by atoms with van der Waals surface area (Å²) in [5.41, 5.74) is 0. The molecule has 1 fully saturated rings. The highest BCUT2D eigenvalue weighted by Crippen LogP contribution is 2.19. The highest BCUT2D eigenvalue weighted by molar-refractivity contribution is 5.89. The molecule has 0 aromatic carbocycles. The van der Waals surface area contributed by atoms with Gasteiger partial charge >= 0.3 is 0 Å². The molecule has 2 amide bonds. The first-order valence-electron chi connectivity index (χ1n) is 6.13. The Morgan fingerprint density at radius 3 is 2.71 bits per heavy atom. The Hall–Kier alpha value is -1.10. The minimum atomic E-state index is -0.268. The third-order valence-electron chi connectivity index (χ3n) is 2.83. The monoisotopic (exact) mass is 242 g/mol. The second-order valence-electron chi connectivity index (χ2n) is 5.19. The Bertz CT molecular complexity index is 291. The van der Waals surface area contributed by atoms with Crippen molar-refractivity contribution >= 4 is 11.8 Å². The highest BCUT2D eigenvalue weighted by Gasteiger charge is 2.34. The van der Waals surface area contributed by atoms with Crippen LogP contribution < -0.4 is 5.32 Å². The van der Waals surface area contributed by atoms with Gasteiger partial charge in [0, 0.05) is 25.6 Å². The average molecular weight is 242 g/mol. The number of nitrogens with one attached hydrogen (secondary N) is 1. The third-order valence-corrected chi connectivity index (χ3v) is 2.83. The van der Waals surface area contributed by atoms with Crippen LogP contribution in [-0.2, 0) is 9.59 Å². The predicted octanol–water partition coefficient (Wildman–Crippen LogP) is -0.0121. The van der Waals surface area contributed by atoms with Crippen molar-refractivity contribution in [2.75, 3.05) is 19.7 Å². The molecule has 2 N–H and O–H groups in total. The molecule has 17 heavy (non-hydrogen) atoms. The Morgan fingerprint density at radius 2 is 2.18 bits per heavy atom. The van der Waals surface area contributed by atoms with Crippen LogP contribution in [0.4, 0.5) is 0 Å². The zero-order valence-electron chi connectivity index (χ0n) is 10.8. The highest BCUT2D eigenvalue weighted by atomic mass is 16.3. The molecule has 5 heteroatoms. The third kappa shape index (κ3) is 4.00. The number of carbonyl (C=O) groups is 2. The second kappa shape index (κ2) is 6.00. The van der Waals surface area contributed by atoms with Gasteiger partial charge in [-0.05, 0) is 12.8 Å². The maximum Gasteiger partial charge on any atom is 0.225 e. The summed E-state index contributed by atoms with van der Waals surface area (Å²) >= 11 is 0. The van der Waals surface area contributed by atoms with Crippen LogP contribution in [0.1, 0.15) is 27.2 Å². The summed E-state index contributed by atoms with van der Waals surface area (Å²) in [5, 5.41) is 11.6. The van der Waals surface area contributed by atoms with Crippen molar-refractivity contribution < 1.29 is 14.7 Å². The zero-order valence-corrected chi connectivity index (χ0v) is 10.8. The van der Waals surface area contributed by atoms with Crippen molar-refractivity contribution in [3.8, 4) is 0 Å². The summed E-state index contributed by atoms with van der Waals surface area (Å²) in [7, 11) is 0. The van der Waals surface area contributed by atoms with Crippen LogP contribution >= 0.6 is 0 Å². The lowest BCUT2D eigenvalue weighted by molar-refractivity contribution is -0.129. The van der Waals surface area contributed by atoms with Gasteiger partial charge in [0.1, 0.15) is 0 Å². The van der Waals surface area contributed by atoms with Gasteiger partial charge in [-0.15, -0.1) is 0 Å². The summed E-state index contributed by atoms with van der Waals surface area (Å²) in [6.45, 7) is 6.96. The van der Waals surface area contributed by atoms with E-state index in [1.54, 1.807) is 11.8 Å². The van der Waals surface area contributed by atoms with Gasteiger partial charge in [0.2, 0.25) is 11.8 Å². The predicted molar refractivity (Wildman–Crippen MR) is 64.2 cm³/mol. The molecule has 1 aliphatic rings. The molecular weight excluding hydrogens is 220 g/mol. The SMILES string of the molecule is CC(C)CN1CC(C(=O)N[C@H](C)CO)CC1=O. The number of likely N-dealkylation sites (tertiary alicyclic amines) is 1. The summed E-state index contributed by atoms with van der Waals surface area (Å²) in [4.78, 5) is 25.2. The number of rotatable bonds is 5. The lowest BCUT2D eigenvalue weighted by Gasteiger charge is -2.19. The molecule has 5 nitrogen and oxygen atoms in total. The van der Waals surface area contributed by atoms with Crippen LogP contribution in [0.15, 0.2) is 0 Å². The molecule has 1 rings (SSSR count). The van der Waals surface area contributed by atoms with Crippen LogP contribution in [-0.4, -0.2) is 47.6 Å². The van der Waals surface area contributed by atoms with Gasteiger partial charge in [0.15, 0.2) is 0 Å². The molecule has 1 heterocycles. The van der Waals surface area contributed by atoms with Crippen LogP contribution in [0.2, 0.25) is 0 Å². The van der Waals surface area contributed by atoms with E-state index in [9.17, 15) is 9.59 Å².